The van der Waals surface area contributed by atoms with Gasteiger partial charge in [-0.15, -0.1) is 0 Å². The molecule has 30 heavy (non-hydrogen) atoms. The van der Waals surface area contributed by atoms with Crippen LogP contribution in [0.2, 0.25) is 0 Å². The van der Waals surface area contributed by atoms with Crippen LogP contribution in [0.3, 0.4) is 0 Å². The molecule has 1 heterocycles. The van der Waals surface area contributed by atoms with Gasteiger partial charge in [-0.05, 0) is 42.3 Å². The fraction of sp³-hybridized carbons (Fsp3) is 0.227. The summed E-state index contributed by atoms with van der Waals surface area (Å²) in [4.78, 5) is 12.7. The lowest BCUT2D eigenvalue weighted by Crippen LogP contribution is -2.34. The van der Waals surface area contributed by atoms with Gasteiger partial charge >= 0.3 is 5.97 Å². The van der Waals surface area contributed by atoms with Crippen LogP contribution in [0.5, 0.6) is 5.75 Å². The summed E-state index contributed by atoms with van der Waals surface area (Å²) in [6.45, 7) is 1.81. The molecule has 0 amide bonds. The maximum Gasteiger partial charge on any atom is 0.340 e. The Bertz CT molecular complexity index is 1100. The summed E-state index contributed by atoms with van der Waals surface area (Å²) in [6.07, 6.45) is 1.68. The number of methoxy groups -OCH3 is 2. The number of esters is 1. The van der Waals surface area contributed by atoms with Gasteiger partial charge in [0, 0.05) is 12.2 Å². The fourth-order valence-corrected chi connectivity index (χ4v) is 4.58. The SMILES string of the molecule is COC(=O)C1=C(N)CN(S(=O)(=O)c2ccc(C)cc2)CC=C1c1ccc(OC)cc1. The Kier molecular flexibility index (Phi) is 6.28. The summed E-state index contributed by atoms with van der Waals surface area (Å²) in [5.41, 5.74) is 8.69. The molecule has 0 unspecified atom stereocenters. The molecule has 2 aromatic carbocycles. The van der Waals surface area contributed by atoms with Crippen molar-refractivity contribution in [1.82, 2.24) is 4.31 Å². The van der Waals surface area contributed by atoms with Crippen molar-refractivity contribution < 1.29 is 22.7 Å². The number of carbonyl (C=O) groups excluding carboxylic acids is 1. The number of sulfonamides is 1. The van der Waals surface area contributed by atoms with Crippen LogP contribution < -0.4 is 10.5 Å². The number of hydrogen-bond acceptors (Lipinski definition) is 6. The third kappa shape index (κ3) is 4.24. The van der Waals surface area contributed by atoms with Crippen molar-refractivity contribution in [3.8, 4) is 5.75 Å². The van der Waals surface area contributed by atoms with E-state index in [1.54, 1.807) is 61.7 Å². The van der Waals surface area contributed by atoms with E-state index in [1.807, 2.05) is 6.92 Å². The number of nitrogens with two attached hydrogens (primary N) is 1. The Balaban J connectivity index is 2.07. The third-order valence-electron chi connectivity index (χ3n) is 4.89. The second-order valence-electron chi connectivity index (χ2n) is 6.85. The smallest absolute Gasteiger partial charge is 0.340 e. The predicted octanol–water partition coefficient (Wildman–Crippen LogP) is 2.48. The van der Waals surface area contributed by atoms with Gasteiger partial charge in [-0.1, -0.05) is 35.9 Å². The number of ether oxygens (including phenoxy) is 2. The van der Waals surface area contributed by atoms with E-state index in [0.717, 1.165) is 5.56 Å². The summed E-state index contributed by atoms with van der Waals surface area (Å²) >= 11 is 0. The minimum Gasteiger partial charge on any atom is -0.497 e. The van der Waals surface area contributed by atoms with E-state index in [1.165, 1.54) is 11.4 Å². The molecule has 7 nitrogen and oxygen atoms in total. The zero-order valence-electron chi connectivity index (χ0n) is 17.1. The van der Waals surface area contributed by atoms with E-state index in [9.17, 15) is 13.2 Å². The quantitative estimate of drug-likeness (QED) is 0.735. The minimum atomic E-state index is -3.80. The molecule has 0 saturated carbocycles. The van der Waals surface area contributed by atoms with Gasteiger partial charge < -0.3 is 15.2 Å². The van der Waals surface area contributed by atoms with Crippen LogP contribution in [0.15, 0.2) is 70.8 Å². The van der Waals surface area contributed by atoms with E-state index < -0.39 is 16.0 Å². The molecule has 8 heteroatoms. The van der Waals surface area contributed by atoms with Gasteiger partial charge in [-0.3, -0.25) is 0 Å². The molecule has 1 aliphatic rings. The number of benzene rings is 2. The number of hydrogen-bond donors (Lipinski definition) is 1. The van der Waals surface area contributed by atoms with Crippen molar-refractivity contribution in [2.24, 2.45) is 5.73 Å². The van der Waals surface area contributed by atoms with E-state index in [4.69, 9.17) is 15.2 Å². The van der Waals surface area contributed by atoms with Crippen molar-refractivity contribution in [1.29, 1.82) is 0 Å². The van der Waals surface area contributed by atoms with Gasteiger partial charge in [0.25, 0.3) is 0 Å². The Morgan fingerprint density at radius 3 is 2.23 bits per heavy atom. The molecule has 0 radical (unpaired) electrons. The molecule has 158 valence electrons. The zero-order valence-corrected chi connectivity index (χ0v) is 17.9. The molecule has 2 aromatic rings. The molecule has 0 atom stereocenters. The Morgan fingerprint density at radius 2 is 1.67 bits per heavy atom. The number of nitrogens with zero attached hydrogens (tertiary/aromatic N) is 1. The van der Waals surface area contributed by atoms with Crippen molar-refractivity contribution in [2.75, 3.05) is 27.3 Å². The normalized spacial score (nSPS) is 15.4. The number of carbonyl (C=O) groups is 1. The Hall–Kier alpha value is -3.10. The summed E-state index contributed by atoms with van der Waals surface area (Å²) in [5.74, 6) is 0.0391. The molecule has 0 saturated heterocycles. The lowest BCUT2D eigenvalue weighted by atomic mass is 9.96. The first-order valence-corrected chi connectivity index (χ1v) is 10.7. The average molecular weight is 429 g/mol. The Labute approximate surface area is 176 Å². The molecule has 3 rings (SSSR count). The van der Waals surface area contributed by atoms with Gasteiger partial charge in [0.05, 0.1) is 31.2 Å². The van der Waals surface area contributed by atoms with Crippen LogP contribution in [-0.4, -0.2) is 46.0 Å². The van der Waals surface area contributed by atoms with Crippen molar-refractivity contribution in [2.45, 2.75) is 11.8 Å². The van der Waals surface area contributed by atoms with Crippen molar-refractivity contribution in [3.05, 3.63) is 77.0 Å². The third-order valence-corrected chi connectivity index (χ3v) is 6.71. The average Bonchev–Trinajstić information content (AvgIpc) is 2.93. The lowest BCUT2D eigenvalue weighted by molar-refractivity contribution is -0.135. The van der Waals surface area contributed by atoms with Gasteiger partial charge in [-0.2, -0.15) is 4.31 Å². The monoisotopic (exact) mass is 428 g/mol. The largest absolute Gasteiger partial charge is 0.497 e. The van der Waals surface area contributed by atoms with Crippen molar-refractivity contribution >= 4 is 21.6 Å². The molecule has 2 N–H and O–H groups in total. The first-order chi connectivity index (χ1) is 14.3. The maximum absolute atomic E-state index is 13.2. The van der Waals surface area contributed by atoms with Crippen LogP contribution in [0.4, 0.5) is 0 Å². The molecule has 0 spiro atoms. The highest BCUT2D eigenvalue weighted by atomic mass is 32.2. The molecular formula is C22H24N2O5S. The lowest BCUT2D eigenvalue weighted by Gasteiger charge is -2.20. The highest BCUT2D eigenvalue weighted by Crippen LogP contribution is 2.31. The molecule has 0 aliphatic carbocycles. The summed E-state index contributed by atoms with van der Waals surface area (Å²) in [7, 11) is -0.980. The topological polar surface area (TPSA) is 98.9 Å². The molecule has 0 fully saturated rings. The van der Waals surface area contributed by atoms with Gasteiger partial charge in [-0.25, -0.2) is 13.2 Å². The maximum atomic E-state index is 13.2. The standard InChI is InChI=1S/C22H24N2O5S/c1-15-4-10-18(11-5-15)30(26,27)24-13-12-19(16-6-8-17(28-2)9-7-16)21(20(23)14-24)22(25)29-3/h4-12H,13-14,23H2,1-3H3. The van der Waals surface area contributed by atoms with Crippen molar-refractivity contribution in [3.63, 3.8) is 0 Å². The van der Waals surface area contributed by atoms with E-state index in [-0.39, 0.29) is 29.3 Å². The molecule has 0 bridgehead atoms. The van der Waals surface area contributed by atoms with E-state index >= 15 is 0 Å². The van der Waals surface area contributed by atoms with Crippen LogP contribution in [0.1, 0.15) is 11.1 Å². The summed E-state index contributed by atoms with van der Waals surface area (Å²) in [5, 5.41) is 0. The van der Waals surface area contributed by atoms with Gasteiger partial charge in [0.2, 0.25) is 10.0 Å². The second-order valence-corrected chi connectivity index (χ2v) is 8.79. The first kappa shape index (κ1) is 21.6. The molecule has 1 aliphatic heterocycles. The predicted molar refractivity (Wildman–Crippen MR) is 114 cm³/mol. The minimum absolute atomic E-state index is 0.0543. The Morgan fingerprint density at radius 1 is 1.03 bits per heavy atom. The highest BCUT2D eigenvalue weighted by molar-refractivity contribution is 7.89. The van der Waals surface area contributed by atoms with E-state index in [2.05, 4.69) is 0 Å². The van der Waals surface area contributed by atoms with Gasteiger partial charge in [0.15, 0.2) is 0 Å². The van der Waals surface area contributed by atoms with E-state index in [0.29, 0.717) is 16.9 Å². The fourth-order valence-electron chi connectivity index (χ4n) is 3.22. The highest BCUT2D eigenvalue weighted by Gasteiger charge is 2.30. The van der Waals surface area contributed by atoms with Crippen LogP contribution in [0, 0.1) is 6.92 Å². The number of aryl methyl sites for hydroxylation is 1. The van der Waals surface area contributed by atoms with Gasteiger partial charge in [0.1, 0.15) is 5.75 Å². The first-order valence-electron chi connectivity index (χ1n) is 9.26. The summed E-state index contributed by atoms with van der Waals surface area (Å²) in [6, 6.07) is 13.7. The van der Waals surface area contributed by atoms with Crippen LogP contribution in [0.25, 0.3) is 5.57 Å². The molecule has 0 aromatic heterocycles. The zero-order chi connectivity index (χ0) is 21.9. The summed E-state index contributed by atoms with van der Waals surface area (Å²) < 4.78 is 37.7. The molecular weight excluding hydrogens is 404 g/mol. The second kappa shape index (κ2) is 8.73. The van der Waals surface area contributed by atoms with Crippen LogP contribution in [-0.2, 0) is 19.6 Å². The number of rotatable bonds is 5. The van der Waals surface area contributed by atoms with Crippen LogP contribution >= 0.6 is 0 Å².